The first-order valence-electron chi connectivity index (χ1n) is 6.09. The Kier molecular flexibility index (Phi) is 4.52. The van der Waals surface area contributed by atoms with Crippen LogP contribution in [0.1, 0.15) is 11.4 Å². The quantitative estimate of drug-likeness (QED) is 0.753. The lowest BCUT2D eigenvalue weighted by molar-refractivity contribution is -0.141. The third-order valence-electron chi connectivity index (χ3n) is 2.79. The Balaban J connectivity index is 1.96. The van der Waals surface area contributed by atoms with Crippen molar-refractivity contribution in [2.75, 3.05) is 11.9 Å². The van der Waals surface area contributed by atoms with Crippen LogP contribution in [0.15, 0.2) is 24.3 Å². The molecule has 0 fully saturated rings. The van der Waals surface area contributed by atoms with Crippen LogP contribution in [0.3, 0.4) is 0 Å². The van der Waals surface area contributed by atoms with E-state index in [0.717, 1.165) is 5.56 Å². The highest BCUT2D eigenvalue weighted by molar-refractivity contribution is 7.09. The summed E-state index contributed by atoms with van der Waals surface area (Å²) in [4.78, 5) is 15.4. The second-order valence-corrected chi connectivity index (χ2v) is 5.19. The highest BCUT2D eigenvalue weighted by Gasteiger charge is 2.18. The normalized spacial score (nSPS) is 12.1. The van der Waals surface area contributed by atoms with Crippen LogP contribution in [0.25, 0.3) is 0 Å². The van der Waals surface area contributed by atoms with Gasteiger partial charge in [0.05, 0.1) is 5.92 Å². The summed E-state index contributed by atoms with van der Waals surface area (Å²) in [6.07, 6.45) is 0.389. The van der Waals surface area contributed by atoms with Gasteiger partial charge in [0, 0.05) is 18.1 Å². The number of nitrogens with one attached hydrogen (secondary N) is 1. The number of benzene rings is 1. The fourth-order valence-corrected chi connectivity index (χ4v) is 2.32. The van der Waals surface area contributed by atoms with Gasteiger partial charge in [0.2, 0.25) is 5.13 Å². The Morgan fingerprint density at radius 2 is 2.10 bits per heavy atom. The van der Waals surface area contributed by atoms with E-state index in [2.05, 4.69) is 14.7 Å². The topological polar surface area (TPSA) is 95.3 Å². The Morgan fingerprint density at radius 1 is 1.40 bits per heavy atom. The number of aliphatic carboxylic acids is 1. The first kappa shape index (κ1) is 14.3. The molecule has 1 heterocycles. The largest absolute Gasteiger partial charge is 0.508 e. The molecule has 3 N–H and O–H groups in total. The molecule has 0 bridgehead atoms. The maximum atomic E-state index is 11.3. The summed E-state index contributed by atoms with van der Waals surface area (Å²) in [5, 5.41) is 22.1. The molecule has 0 spiro atoms. The number of carboxylic acid groups (broad SMARTS) is 1. The number of aryl methyl sites for hydroxylation is 1. The van der Waals surface area contributed by atoms with Crippen molar-refractivity contribution in [3.05, 3.63) is 35.7 Å². The summed E-state index contributed by atoms with van der Waals surface area (Å²) in [5.41, 5.74) is 0.866. The molecule has 6 nitrogen and oxygen atoms in total. The molecule has 0 saturated heterocycles. The van der Waals surface area contributed by atoms with E-state index in [-0.39, 0.29) is 12.3 Å². The molecule has 0 aliphatic heterocycles. The molecule has 1 aromatic carbocycles. The molecule has 106 valence electrons. The van der Waals surface area contributed by atoms with Crippen molar-refractivity contribution in [3.8, 4) is 5.75 Å². The van der Waals surface area contributed by atoms with Crippen LogP contribution >= 0.6 is 11.5 Å². The van der Waals surface area contributed by atoms with Gasteiger partial charge in [0.25, 0.3) is 0 Å². The first-order chi connectivity index (χ1) is 9.54. The number of phenolic OH excluding ortho intramolecular Hbond substituents is 1. The predicted molar refractivity (Wildman–Crippen MR) is 76.1 cm³/mol. The summed E-state index contributed by atoms with van der Waals surface area (Å²) >= 11 is 1.21. The molecular formula is C13H15N3O3S. The zero-order valence-electron chi connectivity index (χ0n) is 10.9. The Hall–Kier alpha value is -2.15. The molecule has 1 atom stereocenters. The van der Waals surface area contributed by atoms with E-state index in [0.29, 0.717) is 17.4 Å². The molecule has 2 aromatic rings. The van der Waals surface area contributed by atoms with Crippen LogP contribution in [-0.2, 0) is 11.2 Å². The molecule has 0 aliphatic carbocycles. The van der Waals surface area contributed by atoms with Crippen LogP contribution in [-0.4, -0.2) is 32.1 Å². The molecule has 0 aliphatic rings. The van der Waals surface area contributed by atoms with Crippen molar-refractivity contribution < 1.29 is 15.0 Å². The van der Waals surface area contributed by atoms with E-state index in [1.54, 1.807) is 31.2 Å². The number of rotatable bonds is 6. The maximum Gasteiger partial charge on any atom is 0.308 e. The number of hydrogen-bond acceptors (Lipinski definition) is 6. The Labute approximate surface area is 120 Å². The fourth-order valence-electron chi connectivity index (χ4n) is 1.74. The van der Waals surface area contributed by atoms with Gasteiger partial charge in [0.1, 0.15) is 11.6 Å². The Morgan fingerprint density at radius 3 is 2.65 bits per heavy atom. The monoisotopic (exact) mass is 293 g/mol. The molecule has 1 aromatic heterocycles. The van der Waals surface area contributed by atoms with E-state index in [1.165, 1.54) is 11.5 Å². The van der Waals surface area contributed by atoms with E-state index >= 15 is 0 Å². The highest BCUT2D eigenvalue weighted by Crippen LogP contribution is 2.16. The van der Waals surface area contributed by atoms with Gasteiger partial charge in [-0.1, -0.05) is 12.1 Å². The van der Waals surface area contributed by atoms with Crippen molar-refractivity contribution in [1.82, 2.24) is 9.36 Å². The van der Waals surface area contributed by atoms with E-state index in [1.807, 2.05) is 0 Å². The Bertz CT molecular complexity index is 583. The summed E-state index contributed by atoms with van der Waals surface area (Å²) < 4.78 is 4.03. The lowest BCUT2D eigenvalue weighted by Crippen LogP contribution is -2.25. The molecule has 0 radical (unpaired) electrons. The van der Waals surface area contributed by atoms with Gasteiger partial charge in [-0.3, -0.25) is 4.79 Å². The van der Waals surface area contributed by atoms with Gasteiger partial charge in [-0.05, 0) is 31.0 Å². The molecule has 0 amide bonds. The molecular weight excluding hydrogens is 278 g/mol. The average molecular weight is 293 g/mol. The van der Waals surface area contributed by atoms with Crippen molar-refractivity contribution in [2.45, 2.75) is 13.3 Å². The minimum absolute atomic E-state index is 0.170. The number of carboxylic acids is 1. The first-order valence-corrected chi connectivity index (χ1v) is 6.87. The minimum Gasteiger partial charge on any atom is -0.508 e. The zero-order valence-corrected chi connectivity index (χ0v) is 11.7. The number of hydrogen-bond donors (Lipinski definition) is 3. The number of phenols is 1. The van der Waals surface area contributed by atoms with E-state index in [9.17, 15) is 15.0 Å². The van der Waals surface area contributed by atoms with Crippen LogP contribution in [0.4, 0.5) is 5.13 Å². The van der Waals surface area contributed by atoms with Gasteiger partial charge in [-0.25, -0.2) is 4.98 Å². The third-order valence-corrected chi connectivity index (χ3v) is 3.56. The number of carbonyl (C=O) groups is 1. The number of nitrogens with zero attached hydrogens (tertiary/aromatic N) is 2. The highest BCUT2D eigenvalue weighted by atomic mass is 32.1. The molecule has 1 unspecified atom stereocenters. The van der Waals surface area contributed by atoms with Crippen molar-refractivity contribution in [2.24, 2.45) is 5.92 Å². The second kappa shape index (κ2) is 6.33. The van der Waals surface area contributed by atoms with Crippen LogP contribution < -0.4 is 5.32 Å². The molecule has 20 heavy (non-hydrogen) atoms. The summed E-state index contributed by atoms with van der Waals surface area (Å²) in [7, 11) is 0. The fraction of sp³-hybridized carbons (Fsp3) is 0.308. The SMILES string of the molecule is Cc1nsc(NCC(Cc2ccc(O)cc2)C(=O)O)n1. The van der Waals surface area contributed by atoms with Crippen molar-refractivity contribution >= 4 is 22.6 Å². The lowest BCUT2D eigenvalue weighted by Gasteiger charge is -2.12. The maximum absolute atomic E-state index is 11.3. The molecule has 0 saturated carbocycles. The van der Waals surface area contributed by atoms with Gasteiger partial charge in [-0.2, -0.15) is 4.37 Å². The minimum atomic E-state index is -0.869. The second-order valence-electron chi connectivity index (χ2n) is 4.43. The van der Waals surface area contributed by atoms with E-state index < -0.39 is 11.9 Å². The van der Waals surface area contributed by atoms with Crippen LogP contribution in [0.5, 0.6) is 5.75 Å². The zero-order chi connectivity index (χ0) is 14.5. The summed E-state index contributed by atoms with van der Waals surface area (Å²) in [5.74, 6) is -0.596. The predicted octanol–water partition coefficient (Wildman–Crippen LogP) is 1.91. The summed E-state index contributed by atoms with van der Waals surface area (Å²) in [6, 6.07) is 6.55. The number of aromatic nitrogens is 2. The smallest absolute Gasteiger partial charge is 0.308 e. The van der Waals surface area contributed by atoms with Gasteiger partial charge >= 0.3 is 5.97 Å². The van der Waals surface area contributed by atoms with Crippen molar-refractivity contribution in [3.63, 3.8) is 0 Å². The molecule has 2 rings (SSSR count). The van der Waals surface area contributed by atoms with Gasteiger partial charge in [0.15, 0.2) is 0 Å². The van der Waals surface area contributed by atoms with Crippen LogP contribution in [0, 0.1) is 12.8 Å². The van der Waals surface area contributed by atoms with Crippen LogP contribution in [0.2, 0.25) is 0 Å². The van der Waals surface area contributed by atoms with E-state index in [4.69, 9.17) is 0 Å². The van der Waals surface area contributed by atoms with Gasteiger partial charge in [-0.15, -0.1) is 0 Å². The molecule has 7 heteroatoms. The number of anilines is 1. The summed E-state index contributed by atoms with van der Waals surface area (Å²) in [6.45, 7) is 2.07. The standard InChI is InChI=1S/C13H15N3O3S/c1-8-15-13(20-16-8)14-7-10(12(18)19)6-9-2-4-11(17)5-3-9/h2-5,10,17H,6-7H2,1H3,(H,18,19)(H,14,15,16). The lowest BCUT2D eigenvalue weighted by atomic mass is 9.99. The average Bonchev–Trinajstić information content (AvgIpc) is 2.82. The van der Waals surface area contributed by atoms with Gasteiger partial charge < -0.3 is 15.5 Å². The number of aromatic hydroxyl groups is 1. The third kappa shape index (κ3) is 3.92. The van der Waals surface area contributed by atoms with Crippen molar-refractivity contribution in [1.29, 1.82) is 0 Å².